The summed E-state index contributed by atoms with van der Waals surface area (Å²) < 4.78 is 19.0. The first-order valence-electron chi connectivity index (χ1n) is 14.4. The van der Waals surface area contributed by atoms with Gasteiger partial charge in [0.1, 0.15) is 11.6 Å². The van der Waals surface area contributed by atoms with Crippen LogP contribution in [0.2, 0.25) is 0 Å². The Kier molecular flexibility index (Phi) is 11.2. The number of carbonyl (C=O) groups excluding carboxylic acids is 1. The first-order chi connectivity index (χ1) is 20.1. The first kappa shape index (κ1) is 29.7. The molecule has 0 unspecified atom stereocenters. The molecule has 4 aromatic rings. The van der Waals surface area contributed by atoms with Gasteiger partial charge in [0.05, 0.1) is 38.3 Å². The Labute approximate surface area is 243 Å². The second-order valence-corrected chi connectivity index (χ2v) is 10.00. The number of nitrogens with one attached hydrogen (secondary N) is 1. The minimum Gasteiger partial charge on any atom is -0.493 e. The molecule has 0 atom stereocenters. The third-order valence-electron chi connectivity index (χ3n) is 7.07. The van der Waals surface area contributed by atoms with Crippen LogP contribution in [0, 0.1) is 0 Å². The van der Waals surface area contributed by atoms with Crippen LogP contribution in [0.4, 0.5) is 0 Å². The lowest BCUT2D eigenvalue weighted by atomic mass is 10.1. The third-order valence-corrected chi connectivity index (χ3v) is 7.07. The molecule has 3 aromatic carbocycles. The number of aromatic nitrogens is 2. The van der Waals surface area contributed by atoms with Crippen molar-refractivity contribution in [2.24, 2.45) is 0 Å². The number of ether oxygens (including phenoxy) is 3. The lowest BCUT2D eigenvalue weighted by Gasteiger charge is -2.12. The minimum atomic E-state index is 0.00773. The molecule has 1 heterocycles. The van der Waals surface area contributed by atoms with Gasteiger partial charge < -0.3 is 24.1 Å². The van der Waals surface area contributed by atoms with E-state index in [2.05, 4.69) is 40.7 Å². The summed E-state index contributed by atoms with van der Waals surface area (Å²) in [7, 11) is 3.19. The molecule has 0 saturated heterocycles. The summed E-state index contributed by atoms with van der Waals surface area (Å²) in [5, 5.41) is 3.04. The van der Waals surface area contributed by atoms with Crippen LogP contribution >= 0.6 is 0 Å². The molecule has 1 amide bonds. The highest BCUT2D eigenvalue weighted by Gasteiger charge is 2.11. The molecule has 0 aliphatic rings. The number of allylic oxidation sites excluding steroid dienone is 1. The van der Waals surface area contributed by atoms with Crippen molar-refractivity contribution in [2.45, 2.75) is 51.5 Å². The number of hydrogen-bond acceptors (Lipinski definition) is 5. The molecule has 7 heteroatoms. The second kappa shape index (κ2) is 15.5. The van der Waals surface area contributed by atoms with Gasteiger partial charge in [-0.1, -0.05) is 48.9 Å². The number of para-hydroxylation sites is 3. The van der Waals surface area contributed by atoms with Gasteiger partial charge in [-0.05, 0) is 67.1 Å². The highest BCUT2D eigenvalue weighted by atomic mass is 16.5. The van der Waals surface area contributed by atoms with Gasteiger partial charge in [-0.15, -0.1) is 6.58 Å². The molecule has 41 heavy (non-hydrogen) atoms. The van der Waals surface area contributed by atoms with Gasteiger partial charge in [-0.3, -0.25) is 4.79 Å². The summed E-state index contributed by atoms with van der Waals surface area (Å²) in [4.78, 5) is 17.4. The van der Waals surface area contributed by atoms with E-state index in [-0.39, 0.29) is 5.91 Å². The molecule has 1 N–H and O–H groups in total. The van der Waals surface area contributed by atoms with Crippen LogP contribution in [0.25, 0.3) is 11.0 Å². The minimum absolute atomic E-state index is 0.00773. The molecule has 0 radical (unpaired) electrons. The Morgan fingerprint density at radius 2 is 1.73 bits per heavy atom. The maximum Gasteiger partial charge on any atom is 0.224 e. The summed E-state index contributed by atoms with van der Waals surface area (Å²) >= 11 is 0. The lowest BCUT2D eigenvalue weighted by molar-refractivity contribution is -0.120. The quantitative estimate of drug-likeness (QED) is 0.122. The van der Waals surface area contributed by atoms with Crippen LogP contribution in [-0.4, -0.2) is 42.8 Å². The molecule has 0 aliphatic carbocycles. The standard InChI is InChI=1S/C34H41N3O4/c1-4-13-27-14-7-10-17-30(27)41-23-12-22-37-29-16-9-8-15-28(29)36-33(37)18-6-5-11-21-35-34(38)25-26-19-20-31(39-2)32(24-26)40-3/h4,7-10,14-17,19-20,24H,1,5-6,11-13,18,21-23,25H2,2-3H3,(H,35,38). The van der Waals surface area contributed by atoms with Crippen molar-refractivity contribution in [1.82, 2.24) is 14.9 Å². The van der Waals surface area contributed by atoms with E-state index in [4.69, 9.17) is 19.2 Å². The van der Waals surface area contributed by atoms with E-state index in [1.807, 2.05) is 48.5 Å². The predicted octanol–water partition coefficient (Wildman–Crippen LogP) is 6.32. The molecule has 0 saturated carbocycles. The van der Waals surface area contributed by atoms with Crippen molar-refractivity contribution in [1.29, 1.82) is 0 Å². The zero-order chi connectivity index (χ0) is 28.9. The van der Waals surface area contributed by atoms with Gasteiger partial charge in [-0.2, -0.15) is 0 Å². The Bertz CT molecular complexity index is 1430. The number of hydrogen-bond donors (Lipinski definition) is 1. The van der Waals surface area contributed by atoms with Crippen LogP contribution in [0.5, 0.6) is 17.2 Å². The fraction of sp³-hybridized carbons (Fsp3) is 0.353. The van der Waals surface area contributed by atoms with Crippen LogP contribution < -0.4 is 19.5 Å². The Morgan fingerprint density at radius 3 is 2.56 bits per heavy atom. The van der Waals surface area contributed by atoms with Gasteiger partial charge in [0.2, 0.25) is 5.91 Å². The Morgan fingerprint density at radius 1 is 0.927 bits per heavy atom. The molecule has 0 bridgehead atoms. The number of nitrogens with zero attached hydrogens (tertiary/aromatic N) is 2. The molecule has 0 fully saturated rings. The number of rotatable bonds is 17. The number of fused-ring (bicyclic) bond motifs is 1. The van der Waals surface area contributed by atoms with Crippen LogP contribution in [0.15, 0.2) is 79.4 Å². The Balaban J connectivity index is 1.22. The summed E-state index contributed by atoms with van der Waals surface area (Å²) in [5.74, 6) is 3.33. The first-order valence-corrected chi connectivity index (χ1v) is 14.4. The van der Waals surface area contributed by atoms with Gasteiger partial charge in [0.15, 0.2) is 11.5 Å². The summed E-state index contributed by atoms with van der Waals surface area (Å²) in [6, 6.07) is 22.0. The number of benzene rings is 3. The summed E-state index contributed by atoms with van der Waals surface area (Å²) in [6.07, 6.45) is 7.76. The number of imidazole rings is 1. The van der Waals surface area contributed by atoms with Crippen LogP contribution in [0.1, 0.15) is 42.6 Å². The monoisotopic (exact) mass is 555 g/mol. The van der Waals surface area contributed by atoms with Crippen molar-refractivity contribution < 1.29 is 19.0 Å². The molecule has 216 valence electrons. The number of methoxy groups -OCH3 is 2. The van der Waals surface area contributed by atoms with E-state index in [9.17, 15) is 4.79 Å². The van der Waals surface area contributed by atoms with Crippen LogP contribution in [-0.2, 0) is 30.6 Å². The SMILES string of the molecule is C=CCc1ccccc1OCCCn1c(CCCCCNC(=O)Cc2ccc(OC)c(OC)c2)nc2ccccc21. The average molecular weight is 556 g/mol. The fourth-order valence-corrected chi connectivity index (χ4v) is 4.99. The van der Waals surface area contributed by atoms with E-state index in [1.54, 1.807) is 14.2 Å². The highest BCUT2D eigenvalue weighted by Crippen LogP contribution is 2.27. The molecule has 1 aromatic heterocycles. The highest BCUT2D eigenvalue weighted by molar-refractivity contribution is 5.78. The number of unbranched alkanes of at least 4 members (excludes halogenated alkanes) is 2. The predicted molar refractivity (Wildman–Crippen MR) is 164 cm³/mol. The Hall–Kier alpha value is -4.26. The summed E-state index contributed by atoms with van der Waals surface area (Å²) in [6.45, 7) is 6.00. The van der Waals surface area contributed by atoms with Crippen molar-refractivity contribution in [3.05, 3.63) is 96.3 Å². The zero-order valence-corrected chi connectivity index (χ0v) is 24.2. The van der Waals surface area contributed by atoms with Gasteiger partial charge in [-0.25, -0.2) is 4.98 Å². The number of aryl methyl sites for hydroxylation is 2. The number of carbonyl (C=O) groups is 1. The zero-order valence-electron chi connectivity index (χ0n) is 24.2. The molecule has 4 rings (SSSR count). The van der Waals surface area contributed by atoms with E-state index in [0.717, 1.165) is 78.8 Å². The molecular weight excluding hydrogens is 514 g/mol. The molecule has 7 nitrogen and oxygen atoms in total. The van der Waals surface area contributed by atoms with E-state index in [0.29, 0.717) is 31.1 Å². The van der Waals surface area contributed by atoms with Crippen molar-refractivity contribution >= 4 is 16.9 Å². The van der Waals surface area contributed by atoms with Crippen molar-refractivity contribution in [2.75, 3.05) is 27.4 Å². The van der Waals surface area contributed by atoms with E-state index in [1.165, 1.54) is 0 Å². The smallest absolute Gasteiger partial charge is 0.224 e. The molecular formula is C34H41N3O4. The molecule has 0 spiro atoms. The third kappa shape index (κ3) is 8.37. The normalized spacial score (nSPS) is 10.9. The van der Waals surface area contributed by atoms with Gasteiger partial charge in [0.25, 0.3) is 0 Å². The van der Waals surface area contributed by atoms with E-state index >= 15 is 0 Å². The maximum absolute atomic E-state index is 12.4. The van der Waals surface area contributed by atoms with Gasteiger partial charge >= 0.3 is 0 Å². The average Bonchev–Trinajstić information content (AvgIpc) is 3.35. The molecule has 0 aliphatic heterocycles. The number of amides is 1. The van der Waals surface area contributed by atoms with Crippen molar-refractivity contribution in [3.63, 3.8) is 0 Å². The topological polar surface area (TPSA) is 74.6 Å². The van der Waals surface area contributed by atoms with Gasteiger partial charge in [0, 0.05) is 19.5 Å². The van der Waals surface area contributed by atoms with Crippen LogP contribution in [0.3, 0.4) is 0 Å². The maximum atomic E-state index is 12.4. The lowest BCUT2D eigenvalue weighted by Crippen LogP contribution is -2.26. The largest absolute Gasteiger partial charge is 0.493 e. The fourth-order valence-electron chi connectivity index (χ4n) is 4.99. The van der Waals surface area contributed by atoms with E-state index < -0.39 is 0 Å². The second-order valence-electron chi connectivity index (χ2n) is 10.00. The van der Waals surface area contributed by atoms with Crippen molar-refractivity contribution in [3.8, 4) is 17.2 Å². The summed E-state index contributed by atoms with van der Waals surface area (Å²) in [5.41, 5.74) is 4.25.